The zero-order valence-electron chi connectivity index (χ0n) is 12.7. The maximum atomic E-state index is 6.23. The first kappa shape index (κ1) is 15.1. The third kappa shape index (κ3) is 3.52. The molecule has 0 radical (unpaired) electrons. The van der Waals surface area contributed by atoms with Crippen molar-refractivity contribution in [3.8, 4) is 0 Å². The smallest absolute Gasteiger partial charge is 0.0713 e. The van der Waals surface area contributed by atoms with Crippen molar-refractivity contribution in [3.63, 3.8) is 0 Å². The Balaban J connectivity index is 1.52. The molecule has 3 nitrogen and oxygen atoms in total. The molecule has 3 fully saturated rings. The minimum Gasteiger partial charge on any atom is -0.375 e. The van der Waals surface area contributed by atoms with Gasteiger partial charge in [-0.1, -0.05) is 0 Å². The van der Waals surface area contributed by atoms with Crippen molar-refractivity contribution in [1.29, 1.82) is 0 Å². The Hall–Kier alpha value is 0.230. The fourth-order valence-electron chi connectivity index (χ4n) is 4.25. The van der Waals surface area contributed by atoms with Gasteiger partial charge in [-0.25, -0.2) is 0 Å². The van der Waals surface area contributed by atoms with E-state index in [2.05, 4.69) is 16.7 Å². The van der Waals surface area contributed by atoms with Gasteiger partial charge in [0.1, 0.15) is 0 Å². The Kier molecular flexibility index (Phi) is 5.29. The first-order valence-electron chi connectivity index (χ1n) is 8.47. The predicted molar refractivity (Wildman–Crippen MR) is 86.2 cm³/mol. The van der Waals surface area contributed by atoms with Crippen LogP contribution < -0.4 is 5.73 Å². The van der Waals surface area contributed by atoms with E-state index in [0.29, 0.717) is 0 Å². The SMILES string of the molecule is NCCC1CCN(C2CCOC3(CCSCC3)C2)CC1. The van der Waals surface area contributed by atoms with Crippen LogP contribution in [-0.4, -0.2) is 54.3 Å². The highest BCUT2D eigenvalue weighted by molar-refractivity contribution is 7.99. The highest BCUT2D eigenvalue weighted by atomic mass is 32.2. The van der Waals surface area contributed by atoms with Crippen LogP contribution in [0.1, 0.15) is 44.9 Å². The second-order valence-corrected chi connectivity index (χ2v) is 8.07. The highest BCUT2D eigenvalue weighted by Crippen LogP contribution is 2.39. The summed E-state index contributed by atoms with van der Waals surface area (Å²) < 4.78 is 6.23. The first-order valence-corrected chi connectivity index (χ1v) is 9.63. The summed E-state index contributed by atoms with van der Waals surface area (Å²) in [6, 6.07) is 0.783. The Morgan fingerprint density at radius 3 is 2.60 bits per heavy atom. The van der Waals surface area contributed by atoms with E-state index in [0.717, 1.165) is 25.1 Å². The quantitative estimate of drug-likeness (QED) is 0.869. The molecule has 0 aromatic rings. The van der Waals surface area contributed by atoms with Crippen LogP contribution in [0.2, 0.25) is 0 Å². The van der Waals surface area contributed by atoms with E-state index in [-0.39, 0.29) is 5.60 Å². The van der Waals surface area contributed by atoms with E-state index < -0.39 is 0 Å². The molecule has 1 unspecified atom stereocenters. The van der Waals surface area contributed by atoms with Crippen molar-refractivity contribution in [2.75, 3.05) is 37.7 Å². The zero-order valence-corrected chi connectivity index (χ0v) is 13.5. The van der Waals surface area contributed by atoms with E-state index in [1.807, 2.05) is 0 Å². The lowest BCUT2D eigenvalue weighted by Crippen LogP contribution is -2.52. The molecule has 3 aliphatic heterocycles. The molecule has 0 bridgehead atoms. The second kappa shape index (κ2) is 6.99. The van der Waals surface area contributed by atoms with E-state index in [4.69, 9.17) is 10.5 Å². The van der Waals surface area contributed by atoms with E-state index in [1.165, 1.54) is 69.5 Å². The molecule has 0 aliphatic carbocycles. The van der Waals surface area contributed by atoms with Gasteiger partial charge in [-0.3, -0.25) is 0 Å². The standard InChI is InChI=1S/C16H30N2OS/c17-7-1-14-2-8-18(9-3-14)15-4-10-19-16(13-15)5-11-20-12-6-16/h14-15H,1-13,17H2. The van der Waals surface area contributed by atoms with E-state index >= 15 is 0 Å². The summed E-state index contributed by atoms with van der Waals surface area (Å²) in [7, 11) is 0. The molecule has 3 aliphatic rings. The second-order valence-electron chi connectivity index (χ2n) is 6.85. The minimum absolute atomic E-state index is 0.238. The number of likely N-dealkylation sites (tertiary alicyclic amines) is 1. The number of piperidine rings is 1. The van der Waals surface area contributed by atoms with Crippen molar-refractivity contribution in [2.24, 2.45) is 11.7 Å². The maximum Gasteiger partial charge on any atom is 0.0713 e. The van der Waals surface area contributed by atoms with Crippen LogP contribution in [0.15, 0.2) is 0 Å². The molecule has 1 spiro atoms. The van der Waals surface area contributed by atoms with Crippen LogP contribution in [0.3, 0.4) is 0 Å². The van der Waals surface area contributed by atoms with Gasteiger partial charge in [-0.2, -0.15) is 11.8 Å². The summed E-state index contributed by atoms with van der Waals surface area (Å²) in [6.07, 6.45) is 9.03. The number of thioether (sulfide) groups is 1. The summed E-state index contributed by atoms with van der Waals surface area (Å²) >= 11 is 2.10. The largest absolute Gasteiger partial charge is 0.375 e. The monoisotopic (exact) mass is 298 g/mol. The zero-order chi connectivity index (χ0) is 13.8. The van der Waals surface area contributed by atoms with Gasteiger partial charge in [0.2, 0.25) is 0 Å². The van der Waals surface area contributed by atoms with Gasteiger partial charge in [0.05, 0.1) is 5.60 Å². The minimum atomic E-state index is 0.238. The molecular formula is C16H30N2OS. The van der Waals surface area contributed by atoms with Crippen molar-refractivity contribution in [3.05, 3.63) is 0 Å². The Labute approximate surface area is 128 Å². The van der Waals surface area contributed by atoms with Crippen molar-refractivity contribution in [1.82, 2.24) is 4.90 Å². The number of nitrogens with two attached hydrogens (primary N) is 1. The van der Waals surface area contributed by atoms with Crippen molar-refractivity contribution < 1.29 is 4.74 Å². The maximum absolute atomic E-state index is 6.23. The van der Waals surface area contributed by atoms with E-state index in [1.54, 1.807) is 0 Å². The number of hydrogen-bond donors (Lipinski definition) is 1. The summed E-state index contributed by atoms with van der Waals surface area (Å²) in [4.78, 5) is 2.76. The lowest BCUT2D eigenvalue weighted by atomic mass is 9.83. The average molecular weight is 298 g/mol. The first-order chi connectivity index (χ1) is 9.81. The summed E-state index contributed by atoms with van der Waals surface area (Å²) in [5.74, 6) is 3.48. The van der Waals surface area contributed by atoms with Crippen LogP contribution in [0.4, 0.5) is 0 Å². The van der Waals surface area contributed by atoms with Gasteiger partial charge in [-0.05, 0) is 82.0 Å². The van der Waals surface area contributed by atoms with Crippen molar-refractivity contribution >= 4 is 11.8 Å². The number of rotatable bonds is 3. The summed E-state index contributed by atoms with van der Waals surface area (Å²) in [6.45, 7) is 4.43. The van der Waals surface area contributed by atoms with E-state index in [9.17, 15) is 0 Å². The fourth-order valence-corrected chi connectivity index (χ4v) is 5.48. The molecule has 3 rings (SSSR count). The summed E-state index contributed by atoms with van der Waals surface area (Å²) in [5, 5.41) is 0. The highest BCUT2D eigenvalue weighted by Gasteiger charge is 2.40. The third-order valence-corrected chi connectivity index (χ3v) is 6.60. The number of hydrogen-bond acceptors (Lipinski definition) is 4. The summed E-state index contributed by atoms with van der Waals surface area (Å²) in [5.41, 5.74) is 5.94. The molecular weight excluding hydrogens is 268 g/mol. The molecule has 2 N–H and O–H groups in total. The molecule has 0 saturated carbocycles. The lowest BCUT2D eigenvalue weighted by molar-refractivity contribution is -0.113. The molecule has 0 aromatic heterocycles. The average Bonchev–Trinajstić information content (AvgIpc) is 2.49. The molecule has 0 aromatic carbocycles. The Bertz CT molecular complexity index is 293. The third-order valence-electron chi connectivity index (χ3n) is 5.61. The normalized spacial score (nSPS) is 32.5. The molecule has 20 heavy (non-hydrogen) atoms. The Morgan fingerprint density at radius 2 is 1.90 bits per heavy atom. The van der Waals surface area contributed by atoms with Gasteiger partial charge < -0.3 is 15.4 Å². The molecule has 1 atom stereocenters. The topological polar surface area (TPSA) is 38.5 Å². The molecule has 3 saturated heterocycles. The van der Waals surface area contributed by atoms with Gasteiger partial charge >= 0.3 is 0 Å². The molecule has 3 heterocycles. The van der Waals surface area contributed by atoms with Crippen LogP contribution >= 0.6 is 11.8 Å². The van der Waals surface area contributed by atoms with Gasteiger partial charge in [0, 0.05) is 12.6 Å². The van der Waals surface area contributed by atoms with Gasteiger partial charge in [-0.15, -0.1) is 0 Å². The number of nitrogens with zero attached hydrogens (tertiary/aromatic N) is 1. The molecule has 116 valence electrons. The Morgan fingerprint density at radius 1 is 1.15 bits per heavy atom. The lowest BCUT2D eigenvalue weighted by Gasteiger charge is -2.47. The van der Waals surface area contributed by atoms with Crippen LogP contribution in [0.5, 0.6) is 0 Å². The number of ether oxygens (including phenoxy) is 1. The van der Waals surface area contributed by atoms with Gasteiger partial charge in [0.15, 0.2) is 0 Å². The van der Waals surface area contributed by atoms with Crippen LogP contribution in [-0.2, 0) is 4.74 Å². The van der Waals surface area contributed by atoms with Crippen LogP contribution in [0.25, 0.3) is 0 Å². The predicted octanol–water partition coefficient (Wildman–Crippen LogP) is 2.49. The van der Waals surface area contributed by atoms with Crippen LogP contribution in [0, 0.1) is 5.92 Å². The molecule has 4 heteroatoms. The molecule has 0 amide bonds. The van der Waals surface area contributed by atoms with Crippen molar-refractivity contribution in [2.45, 2.75) is 56.6 Å². The van der Waals surface area contributed by atoms with Gasteiger partial charge in [0.25, 0.3) is 0 Å². The fraction of sp³-hybridized carbons (Fsp3) is 1.00.